The lowest BCUT2D eigenvalue weighted by molar-refractivity contribution is -0.145. The monoisotopic (exact) mass is 334 g/mol. The van der Waals surface area contributed by atoms with Crippen molar-refractivity contribution in [2.24, 2.45) is 5.92 Å². The zero-order chi connectivity index (χ0) is 18.1. The number of carbonyl (C=O) groups excluding carboxylic acids is 3. The first kappa shape index (κ1) is 19.7. The lowest BCUT2D eigenvalue weighted by atomic mass is 10.0. The highest BCUT2D eigenvalue weighted by atomic mass is 16.5. The van der Waals surface area contributed by atoms with Crippen LogP contribution in [0.2, 0.25) is 0 Å². The Morgan fingerprint density at radius 3 is 2.29 bits per heavy atom. The third-order valence-corrected chi connectivity index (χ3v) is 3.55. The van der Waals surface area contributed by atoms with Crippen LogP contribution in [0.3, 0.4) is 0 Å². The van der Waals surface area contributed by atoms with Gasteiger partial charge < -0.3 is 15.0 Å². The number of amides is 2. The molecule has 1 rings (SSSR count). The van der Waals surface area contributed by atoms with Gasteiger partial charge in [0.2, 0.25) is 11.8 Å². The fraction of sp³-hybridized carbons (Fsp3) is 0.500. The predicted octanol–water partition coefficient (Wildman–Crippen LogP) is 1.74. The van der Waals surface area contributed by atoms with Gasteiger partial charge in [0, 0.05) is 13.5 Å². The molecule has 6 nitrogen and oxygen atoms in total. The van der Waals surface area contributed by atoms with E-state index >= 15 is 0 Å². The van der Waals surface area contributed by atoms with Crippen LogP contribution in [0.25, 0.3) is 0 Å². The van der Waals surface area contributed by atoms with E-state index in [1.54, 1.807) is 6.92 Å². The normalized spacial score (nSPS) is 11.7. The van der Waals surface area contributed by atoms with E-state index in [9.17, 15) is 14.4 Å². The van der Waals surface area contributed by atoms with Gasteiger partial charge in [-0.25, -0.2) is 0 Å². The molecule has 0 spiro atoms. The number of hydrogen-bond acceptors (Lipinski definition) is 4. The molecule has 1 unspecified atom stereocenters. The van der Waals surface area contributed by atoms with Gasteiger partial charge in [-0.3, -0.25) is 14.4 Å². The molecule has 0 bridgehead atoms. The minimum absolute atomic E-state index is 0.0974. The van der Waals surface area contributed by atoms with Gasteiger partial charge in [0.15, 0.2) is 0 Å². The first-order valence-electron chi connectivity index (χ1n) is 8.11. The van der Waals surface area contributed by atoms with Gasteiger partial charge in [-0.05, 0) is 18.4 Å². The zero-order valence-corrected chi connectivity index (χ0v) is 14.7. The Kier molecular flexibility index (Phi) is 7.95. The molecule has 6 heteroatoms. The minimum atomic E-state index is -0.655. The van der Waals surface area contributed by atoms with Crippen LogP contribution < -0.4 is 5.32 Å². The van der Waals surface area contributed by atoms with Gasteiger partial charge in [-0.15, -0.1) is 0 Å². The Hall–Kier alpha value is -2.37. The van der Waals surface area contributed by atoms with Crippen molar-refractivity contribution >= 4 is 17.8 Å². The molecule has 0 aromatic heterocycles. The van der Waals surface area contributed by atoms with E-state index in [2.05, 4.69) is 5.32 Å². The number of benzene rings is 1. The van der Waals surface area contributed by atoms with E-state index in [0.29, 0.717) is 6.54 Å². The third kappa shape index (κ3) is 6.02. The average Bonchev–Trinajstić information content (AvgIpc) is 2.53. The molecule has 0 fully saturated rings. The maximum atomic E-state index is 12.5. The summed E-state index contributed by atoms with van der Waals surface area (Å²) in [5.41, 5.74) is 0.941. The van der Waals surface area contributed by atoms with Crippen molar-refractivity contribution in [3.05, 3.63) is 35.9 Å². The molecule has 1 atom stereocenters. The topological polar surface area (TPSA) is 75.7 Å². The van der Waals surface area contributed by atoms with Crippen LogP contribution >= 0.6 is 0 Å². The maximum absolute atomic E-state index is 12.5. The molecular weight excluding hydrogens is 308 g/mol. The van der Waals surface area contributed by atoms with Crippen LogP contribution in [-0.4, -0.2) is 41.9 Å². The molecule has 0 saturated heterocycles. The minimum Gasteiger partial charge on any atom is -0.465 e. The summed E-state index contributed by atoms with van der Waals surface area (Å²) in [7, 11) is 0. The van der Waals surface area contributed by atoms with Crippen LogP contribution in [0, 0.1) is 5.92 Å². The van der Waals surface area contributed by atoms with Crippen molar-refractivity contribution in [1.29, 1.82) is 0 Å². The van der Waals surface area contributed by atoms with Crippen LogP contribution in [0.15, 0.2) is 30.3 Å². The van der Waals surface area contributed by atoms with Crippen LogP contribution in [-0.2, 0) is 25.7 Å². The van der Waals surface area contributed by atoms with Crippen molar-refractivity contribution in [2.75, 3.05) is 13.2 Å². The van der Waals surface area contributed by atoms with Crippen molar-refractivity contribution in [3.8, 4) is 0 Å². The van der Waals surface area contributed by atoms with Gasteiger partial charge in [-0.1, -0.05) is 44.2 Å². The van der Waals surface area contributed by atoms with Crippen LogP contribution in [0.1, 0.15) is 33.3 Å². The summed E-state index contributed by atoms with van der Waals surface area (Å²) in [5, 5.41) is 2.56. The fourth-order valence-corrected chi connectivity index (χ4v) is 2.47. The van der Waals surface area contributed by atoms with Crippen LogP contribution in [0.4, 0.5) is 0 Å². The van der Waals surface area contributed by atoms with E-state index in [4.69, 9.17) is 4.74 Å². The predicted molar refractivity (Wildman–Crippen MR) is 90.9 cm³/mol. The first-order chi connectivity index (χ1) is 11.4. The summed E-state index contributed by atoms with van der Waals surface area (Å²) in [6.45, 7) is 7.28. The standard InChI is InChI=1S/C18H26N2O4/c1-5-24-16(22)11-19-18(23)17(13(2)3)20(14(4)21)12-15-9-7-6-8-10-15/h6-10,13,17H,5,11-12H2,1-4H3,(H,19,23). The second-order valence-corrected chi connectivity index (χ2v) is 5.84. The lowest BCUT2D eigenvalue weighted by Gasteiger charge is -2.32. The molecule has 0 heterocycles. The number of rotatable bonds is 8. The van der Waals surface area contributed by atoms with Gasteiger partial charge in [0.05, 0.1) is 6.61 Å². The molecule has 24 heavy (non-hydrogen) atoms. The highest BCUT2D eigenvalue weighted by molar-refractivity contribution is 5.89. The lowest BCUT2D eigenvalue weighted by Crippen LogP contribution is -2.52. The number of carbonyl (C=O) groups is 3. The maximum Gasteiger partial charge on any atom is 0.325 e. The third-order valence-electron chi connectivity index (χ3n) is 3.55. The molecule has 132 valence electrons. The number of nitrogens with zero attached hydrogens (tertiary/aromatic N) is 1. The summed E-state index contributed by atoms with van der Waals surface area (Å²) in [4.78, 5) is 37.6. The van der Waals surface area contributed by atoms with E-state index in [0.717, 1.165) is 5.56 Å². The highest BCUT2D eigenvalue weighted by Gasteiger charge is 2.31. The van der Waals surface area contributed by atoms with E-state index in [1.165, 1.54) is 11.8 Å². The Morgan fingerprint density at radius 2 is 1.79 bits per heavy atom. The molecule has 1 aromatic rings. The largest absolute Gasteiger partial charge is 0.465 e. The SMILES string of the molecule is CCOC(=O)CNC(=O)C(C(C)C)N(Cc1ccccc1)C(C)=O. The molecule has 0 aliphatic heterocycles. The van der Waals surface area contributed by atoms with Gasteiger partial charge in [0.1, 0.15) is 12.6 Å². The smallest absolute Gasteiger partial charge is 0.325 e. The Bertz CT molecular complexity index is 557. The van der Waals surface area contributed by atoms with Gasteiger partial charge in [-0.2, -0.15) is 0 Å². The Balaban J connectivity index is 2.86. The van der Waals surface area contributed by atoms with Crippen molar-refractivity contribution in [1.82, 2.24) is 10.2 Å². The van der Waals surface area contributed by atoms with Crippen molar-refractivity contribution < 1.29 is 19.1 Å². The van der Waals surface area contributed by atoms with E-state index in [-0.39, 0.29) is 30.9 Å². The number of hydrogen-bond donors (Lipinski definition) is 1. The Morgan fingerprint density at radius 1 is 1.17 bits per heavy atom. The summed E-state index contributed by atoms with van der Waals surface area (Å²) in [5.74, 6) is -1.14. The first-order valence-corrected chi connectivity index (χ1v) is 8.11. The summed E-state index contributed by atoms with van der Waals surface area (Å²) in [6.07, 6.45) is 0. The van der Waals surface area contributed by atoms with E-state index in [1.807, 2.05) is 44.2 Å². The highest BCUT2D eigenvalue weighted by Crippen LogP contribution is 2.16. The number of ether oxygens (including phenoxy) is 1. The molecule has 0 aliphatic carbocycles. The zero-order valence-electron chi connectivity index (χ0n) is 14.7. The summed E-state index contributed by atoms with van der Waals surface area (Å²) in [6, 6.07) is 8.83. The quantitative estimate of drug-likeness (QED) is 0.735. The van der Waals surface area contributed by atoms with Crippen LogP contribution in [0.5, 0.6) is 0 Å². The second kappa shape index (κ2) is 9.70. The fourth-order valence-electron chi connectivity index (χ4n) is 2.47. The number of esters is 1. The van der Waals surface area contributed by atoms with Gasteiger partial charge in [0.25, 0.3) is 0 Å². The molecule has 1 aromatic carbocycles. The molecule has 0 saturated carbocycles. The molecule has 0 aliphatic rings. The second-order valence-electron chi connectivity index (χ2n) is 5.84. The molecule has 0 radical (unpaired) electrons. The number of nitrogens with one attached hydrogen (secondary N) is 1. The van der Waals surface area contributed by atoms with Crippen molar-refractivity contribution in [2.45, 2.75) is 40.3 Å². The van der Waals surface area contributed by atoms with Gasteiger partial charge >= 0.3 is 5.97 Å². The summed E-state index contributed by atoms with van der Waals surface area (Å²) < 4.78 is 4.80. The van der Waals surface area contributed by atoms with E-state index < -0.39 is 12.0 Å². The Labute approximate surface area is 143 Å². The van der Waals surface area contributed by atoms with Crippen molar-refractivity contribution in [3.63, 3.8) is 0 Å². The molecule has 1 N–H and O–H groups in total. The average molecular weight is 334 g/mol. The molecule has 2 amide bonds. The molecular formula is C18H26N2O4. The summed E-state index contributed by atoms with van der Waals surface area (Å²) >= 11 is 0.